The third-order valence-corrected chi connectivity index (χ3v) is 4.41. The zero-order valence-corrected chi connectivity index (χ0v) is 13.1. The molecule has 4 nitrogen and oxygen atoms in total. The van der Waals surface area contributed by atoms with Crippen LogP contribution in [-0.4, -0.2) is 28.7 Å². The Labute approximate surface area is 131 Å². The molecule has 1 aromatic carbocycles. The summed E-state index contributed by atoms with van der Waals surface area (Å²) in [6.45, 7) is 1.88. The summed E-state index contributed by atoms with van der Waals surface area (Å²) in [5.41, 5.74) is 4.59. The molecule has 0 saturated heterocycles. The highest BCUT2D eigenvalue weighted by Gasteiger charge is 2.17. The van der Waals surface area contributed by atoms with E-state index in [-0.39, 0.29) is 5.56 Å². The summed E-state index contributed by atoms with van der Waals surface area (Å²) in [5.74, 6) is 0. The molecule has 22 heavy (non-hydrogen) atoms. The average Bonchev–Trinajstić information content (AvgIpc) is 2.55. The van der Waals surface area contributed by atoms with E-state index < -0.39 is 0 Å². The van der Waals surface area contributed by atoms with Crippen molar-refractivity contribution in [2.75, 3.05) is 13.6 Å². The highest BCUT2D eigenvalue weighted by molar-refractivity contribution is 5.30. The molecule has 1 heterocycles. The highest BCUT2D eigenvalue weighted by Crippen LogP contribution is 2.20. The van der Waals surface area contributed by atoms with E-state index >= 15 is 0 Å². The van der Waals surface area contributed by atoms with Gasteiger partial charge in [0.2, 0.25) is 0 Å². The molecule has 0 unspecified atom stereocenters. The maximum absolute atomic E-state index is 11.9. The Balaban J connectivity index is 1.65. The summed E-state index contributed by atoms with van der Waals surface area (Å²) in [7, 11) is 2.13. The third kappa shape index (κ3) is 3.45. The molecule has 116 valence electrons. The minimum atomic E-state index is 0.0103. The number of fused-ring (bicyclic) bond motifs is 1. The van der Waals surface area contributed by atoms with Crippen LogP contribution < -0.4 is 5.56 Å². The van der Waals surface area contributed by atoms with Crippen molar-refractivity contribution in [1.29, 1.82) is 0 Å². The molecule has 1 aromatic heterocycles. The van der Waals surface area contributed by atoms with Crippen molar-refractivity contribution in [3.8, 4) is 0 Å². The Hall–Kier alpha value is -1.94. The molecule has 0 radical (unpaired) electrons. The smallest absolute Gasteiger partial charge is 0.267 e. The van der Waals surface area contributed by atoms with Gasteiger partial charge in [-0.25, -0.2) is 5.10 Å². The quantitative estimate of drug-likeness (QED) is 0.921. The molecular formula is C18H23N3O. The number of H-pyrrole nitrogens is 1. The van der Waals surface area contributed by atoms with E-state index in [0.717, 1.165) is 50.0 Å². The largest absolute Gasteiger partial charge is 0.302 e. The Bertz CT molecular complexity index is 678. The standard InChI is InChI=1S/C18H23N3O/c1-21(13-14-7-3-2-4-8-14)12-11-17-15-9-5-6-10-16(15)18(22)20-19-17/h2-4,7-8H,5-6,9-13H2,1H3,(H,20,22). The van der Waals surface area contributed by atoms with Gasteiger partial charge >= 0.3 is 0 Å². The SMILES string of the molecule is CN(CCc1n[nH]c(=O)c2c1CCCC2)Cc1ccccc1. The van der Waals surface area contributed by atoms with Gasteiger partial charge in [0.1, 0.15) is 0 Å². The monoisotopic (exact) mass is 297 g/mol. The first-order chi connectivity index (χ1) is 10.7. The summed E-state index contributed by atoms with van der Waals surface area (Å²) in [4.78, 5) is 14.2. The number of aromatic nitrogens is 2. The lowest BCUT2D eigenvalue weighted by Gasteiger charge is -2.20. The molecule has 3 rings (SSSR count). The number of nitrogens with one attached hydrogen (secondary N) is 1. The average molecular weight is 297 g/mol. The Morgan fingerprint density at radius 2 is 1.86 bits per heavy atom. The minimum Gasteiger partial charge on any atom is -0.302 e. The van der Waals surface area contributed by atoms with Crippen molar-refractivity contribution in [2.45, 2.75) is 38.6 Å². The predicted molar refractivity (Wildman–Crippen MR) is 88.0 cm³/mol. The van der Waals surface area contributed by atoms with Crippen LogP contribution in [0.2, 0.25) is 0 Å². The van der Waals surface area contributed by atoms with E-state index in [1.807, 2.05) is 6.07 Å². The van der Waals surface area contributed by atoms with E-state index in [2.05, 4.69) is 46.4 Å². The van der Waals surface area contributed by atoms with Gasteiger partial charge in [-0.15, -0.1) is 0 Å². The molecule has 2 aromatic rings. The lowest BCUT2D eigenvalue weighted by Crippen LogP contribution is -2.26. The van der Waals surface area contributed by atoms with Crippen LogP contribution in [0.4, 0.5) is 0 Å². The van der Waals surface area contributed by atoms with Crippen molar-refractivity contribution < 1.29 is 0 Å². The normalized spacial score (nSPS) is 14.1. The first-order valence-electron chi connectivity index (χ1n) is 8.06. The summed E-state index contributed by atoms with van der Waals surface area (Å²) < 4.78 is 0. The van der Waals surface area contributed by atoms with Crippen LogP contribution in [0, 0.1) is 0 Å². The molecule has 1 N–H and O–H groups in total. The number of rotatable bonds is 5. The third-order valence-electron chi connectivity index (χ3n) is 4.41. The van der Waals surface area contributed by atoms with Crippen molar-refractivity contribution in [2.24, 2.45) is 0 Å². The first-order valence-corrected chi connectivity index (χ1v) is 8.06. The summed E-state index contributed by atoms with van der Waals surface area (Å²) in [5, 5.41) is 6.98. The Morgan fingerprint density at radius 3 is 2.64 bits per heavy atom. The van der Waals surface area contributed by atoms with Crippen LogP contribution in [0.25, 0.3) is 0 Å². The Kier molecular flexibility index (Phi) is 4.68. The highest BCUT2D eigenvalue weighted by atomic mass is 16.1. The predicted octanol–water partition coefficient (Wildman–Crippen LogP) is 2.32. The molecule has 1 aliphatic carbocycles. The van der Waals surface area contributed by atoms with Crippen LogP contribution in [0.15, 0.2) is 35.1 Å². The fraction of sp³-hybridized carbons (Fsp3) is 0.444. The van der Waals surface area contributed by atoms with Gasteiger partial charge in [-0.3, -0.25) is 4.79 Å². The second-order valence-corrected chi connectivity index (χ2v) is 6.14. The number of benzene rings is 1. The maximum Gasteiger partial charge on any atom is 0.267 e. The fourth-order valence-electron chi connectivity index (χ4n) is 3.21. The van der Waals surface area contributed by atoms with Crippen LogP contribution in [0.1, 0.15) is 35.2 Å². The van der Waals surface area contributed by atoms with Crippen molar-refractivity contribution in [1.82, 2.24) is 15.1 Å². The van der Waals surface area contributed by atoms with E-state index in [9.17, 15) is 4.79 Å². The Morgan fingerprint density at radius 1 is 1.14 bits per heavy atom. The number of likely N-dealkylation sites (N-methyl/N-ethyl adjacent to an activating group) is 1. The van der Waals surface area contributed by atoms with Crippen molar-refractivity contribution in [3.05, 3.63) is 63.1 Å². The first kappa shape index (κ1) is 15.0. The molecule has 4 heteroatoms. The van der Waals surface area contributed by atoms with Gasteiger partial charge in [0.15, 0.2) is 0 Å². The van der Waals surface area contributed by atoms with E-state index in [1.54, 1.807) is 0 Å². The summed E-state index contributed by atoms with van der Waals surface area (Å²) >= 11 is 0. The number of nitrogens with zero attached hydrogens (tertiary/aromatic N) is 2. The van der Waals surface area contributed by atoms with Crippen LogP contribution in [-0.2, 0) is 25.8 Å². The van der Waals surface area contributed by atoms with Gasteiger partial charge in [0, 0.05) is 25.1 Å². The second-order valence-electron chi connectivity index (χ2n) is 6.14. The van der Waals surface area contributed by atoms with Crippen LogP contribution in [0.3, 0.4) is 0 Å². The maximum atomic E-state index is 11.9. The zero-order valence-electron chi connectivity index (χ0n) is 13.1. The van der Waals surface area contributed by atoms with Gasteiger partial charge in [-0.1, -0.05) is 30.3 Å². The van der Waals surface area contributed by atoms with Gasteiger partial charge in [0.25, 0.3) is 5.56 Å². The molecule has 0 aliphatic heterocycles. The molecule has 0 fully saturated rings. The van der Waals surface area contributed by atoms with E-state index in [1.165, 1.54) is 17.5 Å². The molecule has 0 spiro atoms. The second kappa shape index (κ2) is 6.88. The van der Waals surface area contributed by atoms with Crippen LogP contribution >= 0.6 is 0 Å². The number of hydrogen-bond donors (Lipinski definition) is 1. The fourth-order valence-corrected chi connectivity index (χ4v) is 3.21. The summed E-state index contributed by atoms with van der Waals surface area (Å²) in [6, 6.07) is 10.5. The van der Waals surface area contributed by atoms with E-state index in [4.69, 9.17) is 0 Å². The molecule has 0 amide bonds. The van der Waals surface area contributed by atoms with Gasteiger partial charge in [-0.05, 0) is 43.9 Å². The topological polar surface area (TPSA) is 49.0 Å². The van der Waals surface area contributed by atoms with Gasteiger partial charge in [-0.2, -0.15) is 5.10 Å². The molecule has 0 bridgehead atoms. The van der Waals surface area contributed by atoms with Gasteiger partial charge in [0.05, 0.1) is 5.69 Å². The van der Waals surface area contributed by atoms with Crippen molar-refractivity contribution >= 4 is 0 Å². The minimum absolute atomic E-state index is 0.0103. The summed E-state index contributed by atoms with van der Waals surface area (Å²) in [6.07, 6.45) is 5.09. The lowest BCUT2D eigenvalue weighted by atomic mass is 9.91. The lowest BCUT2D eigenvalue weighted by molar-refractivity contribution is 0.329. The van der Waals surface area contributed by atoms with Crippen LogP contribution in [0.5, 0.6) is 0 Å². The molecular weight excluding hydrogens is 274 g/mol. The number of aromatic amines is 1. The van der Waals surface area contributed by atoms with Gasteiger partial charge < -0.3 is 4.90 Å². The molecule has 0 saturated carbocycles. The number of hydrogen-bond acceptors (Lipinski definition) is 3. The molecule has 1 aliphatic rings. The van der Waals surface area contributed by atoms with Crippen molar-refractivity contribution in [3.63, 3.8) is 0 Å². The van der Waals surface area contributed by atoms with E-state index in [0.29, 0.717) is 0 Å². The zero-order chi connectivity index (χ0) is 15.4. The molecule has 0 atom stereocenters.